The average molecular weight is 349 g/mol. The van der Waals surface area contributed by atoms with Crippen molar-refractivity contribution in [1.82, 2.24) is 25.3 Å². The molecule has 0 fully saturated rings. The zero-order chi connectivity index (χ0) is 17.2. The SMILES string of the molecule is Cc1cccc(-c2cnc(CNC(=O)c3nc4cnccc4s3)[nH]2)c1. The second kappa shape index (κ2) is 6.45. The zero-order valence-corrected chi connectivity index (χ0v) is 14.3. The van der Waals surface area contributed by atoms with E-state index in [1.165, 1.54) is 16.9 Å². The van der Waals surface area contributed by atoms with Crippen LogP contribution in [0.2, 0.25) is 0 Å². The van der Waals surface area contributed by atoms with Crippen LogP contribution in [0.25, 0.3) is 21.5 Å². The summed E-state index contributed by atoms with van der Waals surface area (Å²) in [6.07, 6.45) is 5.13. The molecule has 4 rings (SSSR count). The number of aromatic nitrogens is 4. The Hall–Kier alpha value is -3.06. The third-order valence-corrected chi connectivity index (χ3v) is 4.79. The fourth-order valence-electron chi connectivity index (χ4n) is 2.53. The first-order valence-corrected chi connectivity index (χ1v) is 8.60. The standard InChI is InChI=1S/C18H15N5OS/c1-11-3-2-4-12(7-11)13-9-20-16(22-13)10-21-17(24)18-23-14-8-19-6-5-15(14)25-18/h2-9H,10H2,1H3,(H,20,22)(H,21,24). The number of hydrogen-bond acceptors (Lipinski definition) is 5. The number of carbonyl (C=O) groups excluding carboxylic acids is 1. The number of pyridine rings is 1. The number of nitrogens with zero attached hydrogens (tertiary/aromatic N) is 3. The van der Waals surface area contributed by atoms with Crippen LogP contribution in [-0.4, -0.2) is 25.8 Å². The fourth-order valence-corrected chi connectivity index (χ4v) is 3.38. The van der Waals surface area contributed by atoms with Crippen LogP contribution in [0.15, 0.2) is 48.9 Å². The molecule has 1 aromatic carbocycles. The molecule has 4 aromatic rings. The molecule has 0 saturated heterocycles. The number of H-pyrrole nitrogens is 1. The summed E-state index contributed by atoms with van der Waals surface area (Å²) in [6.45, 7) is 2.37. The van der Waals surface area contributed by atoms with Crippen molar-refractivity contribution < 1.29 is 4.79 Å². The molecule has 7 heteroatoms. The van der Waals surface area contributed by atoms with Crippen LogP contribution >= 0.6 is 11.3 Å². The van der Waals surface area contributed by atoms with Gasteiger partial charge >= 0.3 is 0 Å². The lowest BCUT2D eigenvalue weighted by Crippen LogP contribution is -2.23. The number of aromatic amines is 1. The Bertz CT molecular complexity index is 1020. The Balaban J connectivity index is 1.45. The minimum absolute atomic E-state index is 0.213. The Labute approximate surface area is 148 Å². The maximum atomic E-state index is 12.3. The maximum Gasteiger partial charge on any atom is 0.280 e. The van der Waals surface area contributed by atoms with Gasteiger partial charge in [0.25, 0.3) is 5.91 Å². The highest BCUT2D eigenvalue weighted by Crippen LogP contribution is 2.21. The number of imidazole rings is 1. The molecular weight excluding hydrogens is 334 g/mol. The van der Waals surface area contributed by atoms with E-state index >= 15 is 0 Å². The number of fused-ring (bicyclic) bond motifs is 1. The summed E-state index contributed by atoms with van der Waals surface area (Å²) in [7, 11) is 0. The van der Waals surface area contributed by atoms with Crippen LogP contribution in [0.4, 0.5) is 0 Å². The van der Waals surface area contributed by atoms with Gasteiger partial charge in [-0.3, -0.25) is 9.78 Å². The number of nitrogens with one attached hydrogen (secondary N) is 2. The van der Waals surface area contributed by atoms with Crippen molar-refractivity contribution in [2.24, 2.45) is 0 Å². The number of thiazole rings is 1. The average Bonchev–Trinajstić information content (AvgIpc) is 3.26. The van der Waals surface area contributed by atoms with Gasteiger partial charge in [-0.2, -0.15) is 0 Å². The molecule has 0 saturated carbocycles. The van der Waals surface area contributed by atoms with Gasteiger partial charge in [0.2, 0.25) is 0 Å². The van der Waals surface area contributed by atoms with E-state index in [1.807, 2.05) is 18.2 Å². The predicted molar refractivity (Wildman–Crippen MR) is 97.3 cm³/mol. The van der Waals surface area contributed by atoms with Crippen molar-refractivity contribution in [2.75, 3.05) is 0 Å². The fraction of sp³-hybridized carbons (Fsp3) is 0.111. The van der Waals surface area contributed by atoms with Crippen molar-refractivity contribution in [2.45, 2.75) is 13.5 Å². The third kappa shape index (κ3) is 3.27. The van der Waals surface area contributed by atoms with Gasteiger partial charge in [-0.15, -0.1) is 11.3 Å². The highest BCUT2D eigenvalue weighted by molar-refractivity contribution is 7.20. The molecule has 0 aliphatic carbocycles. The smallest absolute Gasteiger partial charge is 0.280 e. The van der Waals surface area contributed by atoms with E-state index in [-0.39, 0.29) is 5.91 Å². The monoisotopic (exact) mass is 349 g/mol. The number of rotatable bonds is 4. The second-order valence-corrected chi connectivity index (χ2v) is 6.69. The quantitative estimate of drug-likeness (QED) is 0.592. The first-order valence-electron chi connectivity index (χ1n) is 7.79. The predicted octanol–water partition coefficient (Wildman–Crippen LogP) is 3.32. The summed E-state index contributed by atoms with van der Waals surface area (Å²) in [5.74, 6) is 0.488. The highest BCUT2D eigenvalue weighted by Gasteiger charge is 2.12. The topological polar surface area (TPSA) is 83.6 Å². The summed E-state index contributed by atoms with van der Waals surface area (Å²) in [5, 5.41) is 3.27. The van der Waals surface area contributed by atoms with Gasteiger partial charge in [-0.05, 0) is 24.6 Å². The van der Waals surface area contributed by atoms with Gasteiger partial charge in [0.05, 0.1) is 29.3 Å². The Morgan fingerprint density at radius 2 is 2.20 bits per heavy atom. The van der Waals surface area contributed by atoms with E-state index in [9.17, 15) is 4.79 Å². The van der Waals surface area contributed by atoms with Crippen LogP contribution < -0.4 is 5.32 Å². The molecule has 124 valence electrons. The van der Waals surface area contributed by atoms with Crippen LogP contribution in [0.3, 0.4) is 0 Å². The van der Waals surface area contributed by atoms with Crippen molar-refractivity contribution >= 4 is 27.5 Å². The number of aryl methyl sites for hydroxylation is 1. The lowest BCUT2D eigenvalue weighted by Gasteiger charge is -2.01. The Kier molecular flexibility index (Phi) is 3.99. The molecule has 3 heterocycles. The number of carbonyl (C=O) groups is 1. The van der Waals surface area contributed by atoms with Crippen LogP contribution in [0.5, 0.6) is 0 Å². The van der Waals surface area contributed by atoms with E-state index in [2.05, 4.69) is 44.3 Å². The molecule has 0 unspecified atom stereocenters. The molecule has 0 aliphatic heterocycles. The summed E-state index contributed by atoms with van der Waals surface area (Å²) in [4.78, 5) is 28.2. The lowest BCUT2D eigenvalue weighted by atomic mass is 10.1. The summed E-state index contributed by atoms with van der Waals surface area (Å²) in [6, 6.07) is 10.0. The maximum absolute atomic E-state index is 12.3. The minimum Gasteiger partial charge on any atom is -0.343 e. The van der Waals surface area contributed by atoms with Crippen molar-refractivity contribution in [3.05, 3.63) is 65.3 Å². The third-order valence-electron chi connectivity index (χ3n) is 3.76. The lowest BCUT2D eigenvalue weighted by molar-refractivity contribution is 0.0950. The van der Waals surface area contributed by atoms with Gasteiger partial charge in [-0.1, -0.05) is 23.8 Å². The summed E-state index contributed by atoms with van der Waals surface area (Å²) >= 11 is 1.35. The number of benzene rings is 1. The highest BCUT2D eigenvalue weighted by atomic mass is 32.1. The number of amides is 1. The van der Waals surface area contributed by atoms with Gasteiger partial charge in [0.1, 0.15) is 11.3 Å². The second-order valence-electron chi connectivity index (χ2n) is 5.66. The summed E-state index contributed by atoms with van der Waals surface area (Å²) < 4.78 is 0.944. The largest absolute Gasteiger partial charge is 0.343 e. The molecule has 0 atom stereocenters. The van der Waals surface area contributed by atoms with E-state index in [0.717, 1.165) is 21.5 Å². The zero-order valence-electron chi connectivity index (χ0n) is 13.5. The van der Waals surface area contributed by atoms with E-state index < -0.39 is 0 Å². The van der Waals surface area contributed by atoms with Crippen LogP contribution in [-0.2, 0) is 6.54 Å². The van der Waals surface area contributed by atoms with Gasteiger partial charge in [0, 0.05) is 6.20 Å². The first-order chi connectivity index (χ1) is 12.2. The Morgan fingerprint density at radius 3 is 3.04 bits per heavy atom. The van der Waals surface area contributed by atoms with Crippen molar-refractivity contribution in [1.29, 1.82) is 0 Å². The molecule has 0 aliphatic rings. The Morgan fingerprint density at radius 1 is 1.28 bits per heavy atom. The molecule has 3 aromatic heterocycles. The first kappa shape index (κ1) is 15.5. The van der Waals surface area contributed by atoms with E-state index in [1.54, 1.807) is 18.6 Å². The molecule has 1 amide bonds. The van der Waals surface area contributed by atoms with Crippen molar-refractivity contribution in [3.63, 3.8) is 0 Å². The van der Waals surface area contributed by atoms with Crippen LogP contribution in [0, 0.1) is 6.92 Å². The molecule has 0 radical (unpaired) electrons. The van der Waals surface area contributed by atoms with Crippen LogP contribution in [0.1, 0.15) is 21.2 Å². The van der Waals surface area contributed by atoms with E-state index in [4.69, 9.17) is 0 Å². The molecule has 6 nitrogen and oxygen atoms in total. The molecule has 0 bridgehead atoms. The van der Waals surface area contributed by atoms with E-state index in [0.29, 0.717) is 17.4 Å². The van der Waals surface area contributed by atoms with Crippen molar-refractivity contribution in [3.8, 4) is 11.3 Å². The molecule has 25 heavy (non-hydrogen) atoms. The van der Waals surface area contributed by atoms with Gasteiger partial charge < -0.3 is 10.3 Å². The number of hydrogen-bond donors (Lipinski definition) is 2. The minimum atomic E-state index is -0.213. The van der Waals surface area contributed by atoms with Gasteiger partial charge in [0.15, 0.2) is 5.01 Å². The molecule has 2 N–H and O–H groups in total. The molecule has 0 spiro atoms. The molecular formula is C18H15N5OS. The van der Waals surface area contributed by atoms with Gasteiger partial charge in [-0.25, -0.2) is 9.97 Å². The summed E-state index contributed by atoms with van der Waals surface area (Å²) in [5.41, 5.74) is 3.92. The normalized spacial score (nSPS) is 10.9.